The Hall–Kier alpha value is -0.130. The van der Waals surface area contributed by atoms with E-state index in [1.54, 1.807) is 4.31 Å². The Morgan fingerprint density at radius 1 is 1.14 bits per heavy atom. The van der Waals surface area contributed by atoms with Gasteiger partial charge in [0.2, 0.25) is 10.0 Å². The van der Waals surface area contributed by atoms with E-state index in [2.05, 4.69) is 5.32 Å². The van der Waals surface area contributed by atoms with Gasteiger partial charge < -0.3 is 5.32 Å². The van der Waals surface area contributed by atoms with Gasteiger partial charge in [0.25, 0.3) is 0 Å². The van der Waals surface area contributed by atoms with Gasteiger partial charge in [-0.05, 0) is 32.2 Å². The molecule has 2 aliphatic rings. The van der Waals surface area contributed by atoms with Gasteiger partial charge >= 0.3 is 0 Å². The average Bonchev–Trinajstić information content (AvgIpc) is 2.72. The van der Waals surface area contributed by atoms with Crippen LogP contribution < -0.4 is 5.32 Å². The molecule has 4 nitrogen and oxygen atoms in total. The van der Waals surface area contributed by atoms with E-state index in [0.29, 0.717) is 6.54 Å². The highest BCUT2D eigenvalue weighted by atomic mass is 32.2. The molecular weight excluding hydrogens is 200 g/mol. The maximum absolute atomic E-state index is 12.1. The molecule has 0 radical (unpaired) electrons. The van der Waals surface area contributed by atoms with Crippen molar-refractivity contribution in [2.75, 3.05) is 26.2 Å². The topological polar surface area (TPSA) is 49.4 Å². The summed E-state index contributed by atoms with van der Waals surface area (Å²) in [6.45, 7) is 3.07. The lowest BCUT2D eigenvalue weighted by Crippen LogP contribution is -2.45. The predicted molar refractivity (Wildman–Crippen MR) is 55.6 cm³/mol. The van der Waals surface area contributed by atoms with Gasteiger partial charge in [-0.2, -0.15) is 0 Å². The SMILES string of the molecule is O=S(=O)(C1CCCNC1)N1CCCC1. The summed E-state index contributed by atoms with van der Waals surface area (Å²) in [6, 6.07) is 0. The van der Waals surface area contributed by atoms with Crippen LogP contribution >= 0.6 is 0 Å². The van der Waals surface area contributed by atoms with E-state index < -0.39 is 10.0 Å². The van der Waals surface area contributed by atoms with Crippen molar-refractivity contribution in [3.05, 3.63) is 0 Å². The van der Waals surface area contributed by atoms with Crippen molar-refractivity contribution in [3.8, 4) is 0 Å². The molecule has 0 aromatic carbocycles. The molecule has 2 rings (SSSR count). The van der Waals surface area contributed by atoms with Crippen LogP contribution in [0.25, 0.3) is 0 Å². The van der Waals surface area contributed by atoms with E-state index in [4.69, 9.17) is 0 Å². The summed E-state index contributed by atoms with van der Waals surface area (Å²) < 4.78 is 25.8. The van der Waals surface area contributed by atoms with Gasteiger partial charge in [0, 0.05) is 19.6 Å². The highest BCUT2D eigenvalue weighted by molar-refractivity contribution is 7.89. The fourth-order valence-electron chi connectivity index (χ4n) is 2.23. The lowest BCUT2D eigenvalue weighted by atomic mass is 10.2. The van der Waals surface area contributed by atoms with Crippen LogP contribution in [0.5, 0.6) is 0 Å². The quantitative estimate of drug-likeness (QED) is 0.718. The molecule has 0 aliphatic carbocycles. The monoisotopic (exact) mass is 218 g/mol. The maximum atomic E-state index is 12.1. The van der Waals surface area contributed by atoms with Crippen molar-refractivity contribution in [2.45, 2.75) is 30.9 Å². The van der Waals surface area contributed by atoms with E-state index >= 15 is 0 Å². The van der Waals surface area contributed by atoms with E-state index in [1.165, 1.54) is 0 Å². The minimum Gasteiger partial charge on any atom is -0.315 e. The Labute approximate surface area is 85.7 Å². The molecule has 0 spiro atoms. The normalized spacial score (nSPS) is 30.7. The van der Waals surface area contributed by atoms with Gasteiger partial charge in [-0.15, -0.1) is 0 Å². The molecule has 2 heterocycles. The van der Waals surface area contributed by atoms with Crippen LogP contribution in [0.1, 0.15) is 25.7 Å². The first kappa shape index (κ1) is 10.4. The molecule has 14 heavy (non-hydrogen) atoms. The molecular formula is C9H18N2O2S. The molecule has 2 saturated heterocycles. The van der Waals surface area contributed by atoms with Crippen LogP contribution in [0.15, 0.2) is 0 Å². The minimum absolute atomic E-state index is 0.172. The van der Waals surface area contributed by atoms with E-state index in [9.17, 15) is 8.42 Å². The third-order valence-electron chi connectivity index (χ3n) is 3.10. The van der Waals surface area contributed by atoms with Crippen molar-refractivity contribution in [1.82, 2.24) is 9.62 Å². The summed E-state index contributed by atoms with van der Waals surface area (Å²) in [4.78, 5) is 0. The Balaban J connectivity index is 2.05. The van der Waals surface area contributed by atoms with E-state index in [0.717, 1.165) is 45.3 Å². The third kappa shape index (κ3) is 1.94. The second-order valence-electron chi connectivity index (χ2n) is 4.12. The molecule has 0 bridgehead atoms. The van der Waals surface area contributed by atoms with Gasteiger partial charge in [-0.1, -0.05) is 0 Å². The largest absolute Gasteiger partial charge is 0.315 e. The van der Waals surface area contributed by atoms with Crippen molar-refractivity contribution in [1.29, 1.82) is 0 Å². The molecule has 1 N–H and O–H groups in total. The Morgan fingerprint density at radius 3 is 2.43 bits per heavy atom. The first-order valence-electron chi connectivity index (χ1n) is 5.41. The highest BCUT2D eigenvalue weighted by Crippen LogP contribution is 2.20. The van der Waals surface area contributed by atoms with Crippen molar-refractivity contribution in [2.24, 2.45) is 0 Å². The molecule has 1 atom stereocenters. The minimum atomic E-state index is -2.99. The van der Waals surface area contributed by atoms with Crippen molar-refractivity contribution >= 4 is 10.0 Å². The number of nitrogens with one attached hydrogen (secondary N) is 1. The summed E-state index contributed by atoms with van der Waals surface area (Å²) in [5, 5.41) is 2.99. The smallest absolute Gasteiger partial charge is 0.218 e. The second-order valence-corrected chi connectivity index (χ2v) is 6.33. The zero-order chi connectivity index (χ0) is 10.0. The molecule has 0 amide bonds. The lowest BCUT2D eigenvalue weighted by Gasteiger charge is -2.27. The summed E-state index contributed by atoms with van der Waals surface area (Å²) in [5.41, 5.74) is 0. The Bertz CT molecular complexity index is 277. The number of nitrogens with zero attached hydrogens (tertiary/aromatic N) is 1. The van der Waals surface area contributed by atoms with Gasteiger partial charge in [0.05, 0.1) is 5.25 Å². The maximum Gasteiger partial charge on any atom is 0.218 e. The Morgan fingerprint density at radius 2 is 1.86 bits per heavy atom. The van der Waals surface area contributed by atoms with Crippen LogP contribution in [0, 0.1) is 0 Å². The fourth-order valence-corrected chi connectivity index (χ4v) is 4.21. The number of rotatable bonds is 2. The standard InChI is InChI=1S/C9H18N2O2S/c12-14(13,11-6-1-2-7-11)9-4-3-5-10-8-9/h9-10H,1-8H2. The van der Waals surface area contributed by atoms with Crippen LogP contribution in [-0.2, 0) is 10.0 Å². The Kier molecular flexibility index (Phi) is 3.09. The fraction of sp³-hybridized carbons (Fsp3) is 1.00. The predicted octanol–water partition coefficient (Wildman–Crippen LogP) is 0.164. The lowest BCUT2D eigenvalue weighted by molar-refractivity contribution is 0.436. The van der Waals surface area contributed by atoms with Crippen molar-refractivity contribution < 1.29 is 8.42 Å². The van der Waals surface area contributed by atoms with Crippen LogP contribution in [0.2, 0.25) is 0 Å². The van der Waals surface area contributed by atoms with Gasteiger partial charge in [-0.25, -0.2) is 12.7 Å². The zero-order valence-corrected chi connectivity index (χ0v) is 9.22. The van der Waals surface area contributed by atoms with Crippen molar-refractivity contribution in [3.63, 3.8) is 0 Å². The van der Waals surface area contributed by atoms with E-state index in [1.807, 2.05) is 0 Å². The summed E-state index contributed by atoms with van der Waals surface area (Å²) >= 11 is 0. The number of piperidine rings is 1. The number of sulfonamides is 1. The van der Waals surface area contributed by atoms with Crippen LogP contribution in [0.4, 0.5) is 0 Å². The number of hydrogen-bond donors (Lipinski definition) is 1. The molecule has 82 valence electrons. The zero-order valence-electron chi connectivity index (χ0n) is 8.41. The third-order valence-corrected chi connectivity index (χ3v) is 5.43. The molecule has 0 aromatic heterocycles. The van der Waals surface area contributed by atoms with Gasteiger partial charge in [0.1, 0.15) is 0 Å². The molecule has 2 fully saturated rings. The van der Waals surface area contributed by atoms with Gasteiger partial charge in [0.15, 0.2) is 0 Å². The molecule has 0 saturated carbocycles. The highest BCUT2D eigenvalue weighted by Gasteiger charge is 2.34. The summed E-state index contributed by atoms with van der Waals surface area (Å²) in [6.07, 6.45) is 3.86. The summed E-state index contributed by atoms with van der Waals surface area (Å²) in [5.74, 6) is 0. The van der Waals surface area contributed by atoms with Crippen LogP contribution in [0.3, 0.4) is 0 Å². The van der Waals surface area contributed by atoms with Crippen LogP contribution in [-0.4, -0.2) is 44.2 Å². The molecule has 1 unspecified atom stereocenters. The summed E-state index contributed by atoms with van der Waals surface area (Å²) in [7, 11) is -2.99. The molecule has 0 aromatic rings. The van der Waals surface area contributed by atoms with E-state index in [-0.39, 0.29) is 5.25 Å². The molecule has 5 heteroatoms. The number of hydrogen-bond acceptors (Lipinski definition) is 3. The second kappa shape index (κ2) is 4.16. The molecule has 2 aliphatic heterocycles. The first-order valence-corrected chi connectivity index (χ1v) is 6.91. The first-order chi connectivity index (χ1) is 6.71. The average molecular weight is 218 g/mol. The van der Waals surface area contributed by atoms with Gasteiger partial charge in [-0.3, -0.25) is 0 Å².